The summed E-state index contributed by atoms with van der Waals surface area (Å²) < 4.78 is 5.69. The average molecular weight is 198 g/mol. The lowest BCUT2D eigenvalue weighted by atomic mass is 10.0. The predicted octanol–water partition coefficient (Wildman–Crippen LogP) is 0.849. The quantitative estimate of drug-likeness (QED) is 0.712. The van der Waals surface area contributed by atoms with E-state index in [1.54, 1.807) is 0 Å². The molecule has 0 aliphatic carbocycles. The molecule has 0 aromatic rings. The van der Waals surface area contributed by atoms with Gasteiger partial charge in [-0.15, -0.1) is 0 Å². The molecular weight excluding hydrogens is 176 g/mol. The summed E-state index contributed by atoms with van der Waals surface area (Å²) >= 11 is 0. The summed E-state index contributed by atoms with van der Waals surface area (Å²) in [5.41, 5.74) is 0. The van der Waals surface area contributed by atoms with Crippen LogP contribution >= 0.6 is 0 Å². The van der Waals surface area contributed by atoms with E-state index in [9.17, 15) is 0 Å². The van der Waals surface area contributed by atoms with E-state index < -0.39 is 0 Å². The first kappa shape index (κ1) is 10.4. The van der Waals surface area contributed by atoms with Crippen LogP contribution in [0.1, 0.15) is 26.2 Å². The van der Waals surface area contributed by atoms with Crippen molar-refractivity contribution in [3.8, 4) is 0 Å². The molecule has 0 amide bonds. The number of ether oxygens (including phenoxy) is 1. The lowest BCUT2D eigenvalue weighted by Gasteiger charge is -2.39. The molecule has 1 unspecified atom stereocenters. The first-order valence-electron chi connectivity index (χ1n) is 5.96. The van der Waals surface area contributed by atoms with E-state index in [0.717, 1.165) is 32.2 Å². The maximum absolute atomic E-state index is 5.69. The average Bonchev–Trinajstić information content (AvgIpc) is 2.30. The Labute approximate surface area is 86.8 Å². The summed E-state index contributed by atoms with van der Waals surface area (Å²) in [6.07, 6.45) is 4.27. The van der Waals surface area contributed by atoms with E-state index in [0.29, 0.717) is 6.10 Å². The first-order valence-corrected chi connectivity index (χ1v) is 5.96. The molecule has 14 heavy (non-hydrogen) atoms. The number of rotatable bonds is 2. The molecule has 0 bridgehead atoms. The number of morpholine rings is 1. The zero-order valence-electron chi connectivity index (χ0n) is 9.17. The molecule has 1 N–H and O–H groups in total. The Balaban J connectivity index is 1.83. The van der Waals surface area contributed by atoms with Crippen LogP contribution in [0.5, 0.6) is 0 Å². The highest BCUT2D eigenvalue weighted by Crippen LogP contribution is 2.16. The number of piperidine rings is 1. The lowest BCUT2D eigenvalue weighted by molar-refractivity contribution is -0.0481. The number of nitrogens with one attached hydrogen (secondary N) is 1. The summed E-state index contributed by atoms with van der Waals surface area (Å²) in [7, 11) is 0. The molecule has 0 aromatic heterocycles. The number of hydrogen-bond acceptors (Lipinski definition) is 3. The third-order valence-electron chi connectivity index (χ3n) is 3.45. The van der Waals surface area contributed by atoms with Gasteiger partial charge in [-0.2, -0.15) is 0 Å². The highest BCUT2D eigenvalue weighted by atomic mass is 16.5. The molecule has 82 valence electrons. The van der Waals surface area contributed by atoms with Crippen LogP contribution in [0, 0.1) is 0 Å². The SMILES string of the molecule is CCC1CN(C2CCNCC2)CCO1. The molecule has 2 aliphatic rings. The Morgan fingerprint density at radius 2 is 2.14 bits per heavy atom. The second kappa shape index (κ2) is 5.10. The maximum atomic E-state index is 5.69. The molecule has 2 fully saturated rings. The van der Waals surface area contributed by atoms with Crippen LogP contribution < -0.4 is 5.32 Å². The van der Waals surface area contributed by atoms with Crippen LogP contribution in [0.3, 0.4) is 0 Å². The molecule has 1 atom stereocenters. The van der Waals surface area contributed by atoms with Gasteiger partial charge in [0.15, 0.2) is 0 Å². The van der Waals surface area contributed by atoms with Gasteiger partial charge >= 0.3 is 0 Å². The second-order valence-corrected chi connectivity index (χ2v) is 4.38. The Bertz CT molecular complexity index is 169. The fourth-order valence-electron chi connectivity index (χ4n) is 2.49. The third-order valence-corrected chi connectivity index (χ3v) is 3.45. The van der Waals surface area contributed by atoms with Gasteiger partial charge in [-0.1, -0.05) is 6.92 Å². The molecule has 0 radical (unpaired) electrons. The Morgan fingerprint density at radius 3 is 2.86 bits per heavy atom. The zero-order valence-corrected chi connectivity index (χ0v) is 9.17. The summed E-state index contributed by atoms with van der Waals surface area (Å²) in [6, 6.07) is 0.814. The molecule has 2 rings (SSSR count). The highest BCUT2D eigenvalue weighted by Gasteiger charge is 2.26. The van der Waals surface area contributed by atoms with Crippen LogP contribution in [0.25, 0.3) is 0 Å². The zero-order chi connectivity index (χ0) is 9.80. The van der Waals surface area contributed by atoms with Gasteiger partial charge in [0.25, 0.3) is 0 Å². The van der Waals surface area contributed by atoms with E-state index in [-0.39, 0.29) is 0 Å². The minimum Gasteiger partial charge on any atom is -0.376 e. The van der Waals surface area contributed by atoms with Crippen molar-refractivity contribution in [3.63, 3.8) is 0 Å². The first-order chi connectivity index (χ1) is 6.90. The number of nitrogens with zero attached hydrogens (tertiary/aromatic N) is 1. The summed E-state index contributed by atoms with van der Waals surface area (Å²) in [6.45, 7) is 7.83. The van der Waals surface area contributed by atoms with Crippen LogP contribution in [0.15, 0.2) is 0 Å². The number of hydrogen-bond donors (Lipinski definition) is 1. The lowest BCUT2D eigenvalue weighted by Crippen LogP contribution is -2.50. The van der Waals surface area contributed by atoms with Crippen molar-refractivity contribution in [2.45, 2.75) is 38.3 Å². The smallest absolute Gasteiger partial charge is 0.0700 e. The van der Waals surface area contributed by atoms with Gasteiger partial charge in [-0.3, -0.25) is 4.90 Å². The molecule has 3 nitrogen and oxygen atoms in total. The van der Waals surface area contributed by atoms with E-state index in [1.807, 2.05) is 0 Å². The highest BCUT2D eigenvalue weighted by molar-refractivity contribution is 4.81. The van der Waals surface area contributed by atoms with Crippen LogP contribution in [-0.2, 0) is 4.74 Å². The molecular formula is C11H22N2O. The summed E-state index contributed by atoms with van der Waals surface area (Å²) in [5.74, 6) is 0. The van der Waals surface area contributed by atoms with E-state index in [2.05, 4.69) is 17.1 Å². The minimum absolute atomic E-state index is 0.485. The minimum atomic E-state index is 0.485. The van der Waals surface area contributed by atoms with E-state index in [1.165, 1.54) is 25.9 Å². The van der Waals surface area contributed by atoms with Crippen molar-refractivity contribution in [1.29, 1.82) is 0 Å². The molecule has 2 saturated heterocycles. The fraction of sp³-hybridized carbons (Fsp3) is 1.00. The molecule has 0 spiro atoms. The van der Waals surface area contributed by atoms with Gasteiger partial charge in [-0.05, 0) is 32.4 Å². The van der Waals surface area contributed by atoms with Crippen molar-refractivity contribution in [3.05, 3.63) is 0 Å². The van der Waals surface area contributed by atoms with Crippen molar-refractivity contribution >= 4 is 0 Å². The fourth-order valence-corrected chi connectivity index (χ4v) is 2.49. The van der Waals surface area contributed by atoms with E-state index >= 15 is 0 Å². The van der Waals surface area contributed by atoms with Crippen molar-refractivity contribution in [2.75, 3.05) is 32.8 Å². The van der Waals surface area contributed by atoms with Gasteiger partial charge in [-0.25, -0.2) is 0 Å². The van der Waals surface area contributed by atoms with Crippen molar-refractivity contribution < 1.29 is 4.74 Å². The van der Waals surface area contributed by atoms with Crippen LogP contribution in [0.4, 0.5) is 0 Å². The van der Waals surface area contributed by atoms with Crippen LogP contribution in [0.2, 0.25) is 0 Å². The predicted molar refractivity (Wildman–Crippen MR) is 57.5 cm³/mol. The summed E-state index contributed by atoms with van der Waals surface area (Å²) in [5, 5.41) is 3.42. The second-order valence-electron chi connectivity index (χ2n) is 4.38. The van der Waals surface area contributed by atoms with Gasteiger partial charge in [0.05, 0.1) is 12.7 Å². The third kappa shape index (κ3) is 2.47. The van der Waals surface area contributed by atoms with Gasteiger partial charge in [0.2, 0.25) is 0 Å². The molecule has 2 aliphatic heterocycles. The standard InChI is InChI=1S/C11H22N2O/c1-2-11-9-13(7-8-14-11)10-3-5-12-6-4-10/h10-12H,2-9H2,1H3. The maximum Gasteiger partial charge on any atom is 0.0700 e. The van der Waals surface area contributed by atoms with Crippen molar-refractivity contribution in [2.24, 2.45) is 0 Å². The van der Waals surface area contributed by atoms with Gasteiger partial charge in [0, 0.05) is 19.1 Å². The normalized spacial score (nSPS) is 31.9. The van der Waals surface area contributed by atoms with Crippen LogP contribution in [-0.4, -0.2) is 49.8 Å². The molecule has 3 heteroatoms. The Morgan fingerprint density at radius 1 is 1.36 bits per heavy atom. The van der Waals surface area contributed by atoms with Crippen molar-refractivity contribution in [1.82, 2.24) is 10.2 Å². The molecule has 0 saturated carbocycles. The van der Waals surface area contributed by atoms with Gasteiger partial charge in [0.1, 0.15) is 0 Å². The Kier molecular flexibility index (Phi) is 3.79. The molecule has 2 heterocycles. The van der Waals surface area contributed by atoms with Gasteiger partial charge < -0.3 is 10.1 Å². The topological polar surface area (TPSA) is 24.5 Å². The molecule has 0 aromatic carbocycles. The summed E-state index contributed by atoms with van der Waals surface area (Å²) in [4.78, 5) is 2.64. The Hall–Kier alpha value is -0.120. The largest absolute Gasteiger partial charge is 0.376 e. The van der Waals surface area contributed by atoms with E-state index in [4.69, 9.17) is 4.74 Å². The monoisotopic (exact) mass is 198 g/mol.